The van der Waals surface area contributed by atoms with Crippen LogP contribution in [0.4, 0.5) is 5.69 Å². The zero-order chi connectivity index (χ0) is 14.7. The van der Waals surface area contributed by atoms with Gasteiger partial charge in [-0.15, -0.1) is 0 Å². The van der Waals surface area contributed by atoms with Gasteiger partial charge in [0.15, 0.2) is 11.5 Å². The molecule has 5 heteroatoms. The summed E-state index contributed by atoms with van der Waals surface area (Å²) < 4.78 is 22.0. The van der Waals surface area contributed by atoms with Gasteiger partial charge in [-0.2, -0.15) is 0 Å². The van der Waals surface area contributed by atoms with Gasteiger partial charge in [0.25, 0.3) is 0 Å². The van der Waals surface area contributed by atoms with Crippen molar-refractivity contribution < 1.29 is 18.9 Å². The molecular weight excluding hydrogens is 270 g/mol. The summed E-state index contributed by atoms with van der Waals surface area (Å²) in [6.07, 6.45) is 0. The predicted octanol–water partition coefficient (Wildman–Crippen LogP) is 2.98. The number of anilines is 1. The van der Waals surface area contributed by atoms with Crippen LogP contribution in [0.25, 0.3) is 0 Å². The van der Waals surface area contributed by atoms with E-state index in [1.54, 1.807) is 0 Å². The third kappa shape index (κ3) is 2.97. The van der Waals surface area contributed by atoms with Gasteiger partial charge in [0, 0.05) is 17.3 Å². The van der Waals surface area contributed by atoms with Crippen molar-refractivity contribution in [1.29, 1.82) is 0 Å². The summed E-state index contributed by atoms with van der Waals surface area (Å²) in [5.41, 5.74) is 7.41. The van der Waals surface area contributed by atoms with Crippen molar-refractivity contribution in [1.82, 2.24) is 0 Å². The van der Waals surface area contributed by atoms with E-state index in [1.165, 1.54) is 0 Å². The molecular formula is C16H17NO4. The zero-order valence-electron chi connectivity index (χ0n) is 11.8. The molecule has 0 unspecified atom stereocenters. The highest BCUT2D eigenvalue weighted by atomic mass is 16.7. The normalized spacial score (nSPS) is 12.2. The average molecular weight is 287 g/mol. The first-order chi connectivity index (χ1) is 10.3. The average Bonchev–Trinajstić information content (AvgIpc) is 2.95. The second-order valence-corrected chi connectivity index (χ2v) is 4.60. The van der Waals surface area contributed by atoms with E-state index in [0.29, 0.717) is 30.4 Å². The minimum Gasteiger partial charge on any atom is -0.493 e. The van der Waals surface area contributed by atoms with Crippen LogP contribution in [0.2, 0.25) is 0 Å². The Morgan fingerprint density at radius 2 is 1.90 bits per heavy atom. The quantitative estimate of drug-likeness (QED) is 0.857. The highest BCUT2D eigenvalue weighted by Gasteiger charge is 2.14. The lowest BCUT2D eigenvalue weighted by Gasteiger charge is -2.12. The summed E-state index contributed by atoms with van der Waals surface area (Å²) >= 11 is 0. The summed E-state index contributed by atoms with van der Waals surface area (Å²) in [7, 11) is 0. The topological polar surface area (TPSA) is 62.9 Å². The van der Waals surface area contributed by atoms with Gasteiger partial charge in [-0.05, 0) is 37.3 Å². The molecule has 2 aromatic carbocycles. The number of benzene rings is 2. The molecule has 2 aromatic rings. The number of nitrogen functional groups attached to an aromatic ring is 1. The van der Waals surface area contributed by atoms with Crippen molar-refractivity contribution in [2.24, 2.45) is 0 Å². The van der Waals surface area contributed by atoms with E-state index in [1.807, 2.05) is 43.3 Å². The Hall–Kier alpha value is -2.56. The SMILES string of the molecule is CCOc1ccc(N)cc1COc1ccc2c(c1)OCO2. The molecule has 0 amide bonds. The minimum atomic E-state index is 0.252. The van der Waals surface area contributed by atoms with E-state index in [-0.39, 0.29) is 6.79 Å². The van der Waals surface area contributed by atoms with Crippen LogP contribution in [0.1, 0.15) is 12.5 Å². The maximum absolute atomic E-state index is 5.82. The van der Waals surface area contributed by atoms with Gasteiger partial charge in [-0.3, -0.25) is 0 Å². The number of fused-ring (bicyclic) bond motifs is 1. The van der Waals surface area contributed by atoms with Gasteiger partial charge in [0.2, 0.25) is 6.79 Å². The molecule has 3 rings (SSSR count). The maximum atomic E-state index is 5.82. The number of rotatable bonds is 5. The molecule has 0 saturated heterocycles. The monoisotopic (exact) mass is 287 g/mol. The molecule has 21 heavy (non-hydrogen) atoms. The summed E-state index contributed by atoms with van der Waals surface area (Å²) in [5, 5.41) is 0. The van der Waals surface area contributed by atoms with Crippen LogP contribution in [0.15, 0.2) is 36.4 Å². The fourth-order valence-corrected chi connectivity index (χ4v) is 2.14. The second-order valence-electron chi connectivity index (χ2n) is 4.60. The summed E-state index contributed by atoms with van der Waals surface area (Å²) in [6.45, 7) is 3.17. The summed E-state index contributed by atoms with van der Waals surface area (Å²) in [6, 6.07) is 11.0. The van der Waals surface area contributed by atoms with Crippen molar-refractivity contribution >= 4 is 5.69 Å². The van der Waals surface area contributed by atoms with Crippen molar-refractivity contribution in [3.05, 3.63) is 42.0 Å². The molecule has 0 saturated carbocycles. The Labute approximate surface area is 123 Å². The molecule has 2 N–H and O–H groups in total. The predicted molar refractivity (Wildman–Crippen MR) is 78.9 cm³/mol. The highest BCUT2D eigenvalue weighted by molar-refractivity contribution is 5.49. The van der Waals surface area contributed by atoms with Gasteiger partial charge in [0.05, 0.1) is 6.61 Å². The van der Waals surface area contributed by atoms with Gasteiger partial charge in [-0.1, -0.05) is 0 Å². The Morgan fingerprint density at radius 3 is 2.76 bits per heavy atom. The fourth-order valence-electron chi connectivity index (χ4n) is 2.14. The van der Waals surface area contributed by atoms with Crippen molar-refractivity contribution in [3.8, 4) is 23.0 Å². The standard InChI is InChI=1S/C16H17NO4/c1-2-18-14-5-3-12(17)7-11(14)9-19-13-4-6-15-16(8-13)21-10-20-15/h3-8H,2,9-10,17H2,1H3. The Balaban J connectivity index is 1.74. The van der Waals surface area contributed by atoms with Gasteiger partial charge < -0.3 is 24.7 Å². The van der Waals surface area contributed by atoms with E-state index in [9.17, 15) is 0 Å². The zero-order valence-corrected chi connectivity index (χ0v) is 11.8. The van der Waals surface area contributed by atoms with Gasteiger partial charge in [-0.25, -0.2) is 0 Å². The molecule has 0 radical (unpaired) electrons. The molecule has 0 aliphatic carbocycles. The van der Waals surface area contributed by atoms with E-state index >= 15 is 0 Å². The number of nitrogens with two attached hydrogens (primary N) is 1. The maximum Gasteiger partial charge on any atom is 0.231 e. The van der Waals surface area contributed by atoms with E-state index in [0.717, 1.165) is 17.1 Å². The smallest absolute Gasteiger partial charge is 0.231 e. The molecule has 0 spiro atoms. The first-order valence-electron chi connectivity index (χ1n) is 6.80. The molecule has 110 valence electrons. The van der Waals surface area contributed by atoms with Gasteiger partial charge >= 0.3 is 0 Å². The third-order valence-corrected chi connectivity index (χ3v) is 3.12. The lowest BCUT2D eigenvalue weighted by Crippen LogP contribution is -2.02. The van der Waals surface area contributed by atoms with E-state index in [4.69, 9.17) is 24.7 Å². The minimum absolute atomic E-state index is 0.252. The fraction of sp³-hybridized carbons (Fsp3) is 0.250. The van der Waals surface area contributed by atoms with Crippen molar-refractivity contribution in [3.63, 3.8) is 0 Å². The molecule has 1 aliphatic heterocycles. The largest absolute Gasteiger partial charge is 0.493 e. The second kappa shape index (κ2) is 5.83. The van der Waals surface area contributed by atoms with Crippen molar-refractivity contribution in [2.45, 2.75) is 13.5 Å². The van der Waals surface area contributed by atoms with Crippen LogP contribution in [-0.4, -0.2) is 13.4 Å². The number of hydrogen-bond donors (Lipinski definition) is 1. The Bertz CT molecular complexity index is 642. The molecule has 5 nitrogen and oxygen atoms in total. The third-order valence-electron chi connectivity index (χ3n) is 3.12. The lowest BCUT2D eigenvalue weighted by molar-refractivity contribution is 0.173. The first-order valence-corrected chi connectivity index (χ1v) is 6.80. The number of hydrogen-bond acceptors (Lipinski definition) is 5. The molecule has 0 bridgehead atoms. The summed E-state index contributed by atoms with van der Waals surface area (Å²) in [4.78, 5) is 0. The van der Waals surface area contributed by atoms with Crippen LogP contribution < -0.4 is 24.7 Å². The van der Waals surface area contributed by atoms with Crippen LogP contribution in [0, 0.1) is 0 Å². The van der Waals surface area contributed by atoms with Crippen LogP contribution in [0.5, 0.6) is 23.0 Å². The van der Waals surface area contributed by atoms with Gasteiger partial charge in [0.1, 0.15) is 18.1 Å². The first kappa shape index (κ1) is 13.4. The van der Waals surface area contributed by atoms with Crippen LogP contribution in [0.3, 0.4) is 0 Å². The summed E-state index contributed by atoms with van der Waals surface area (Å²) in [5.74, 6) is 2.93. The van der Waals surface area contributed by atoms with Crippen molar-refractivity contribution in [2.75, 3.05) is 19.1 Å². The van der Waals surface area contributed by atoms with Crippen LogP contribution in [-0.2, 0) is 6.61 Å². The highest BCUT2D eigenvalue weighted by Crippen LogP contribution is 2.35. The molecule has 0 atom stereocenters. The molecule has 1 heterocycles. The van der Waals surface area contributed by atoms with Crippen LogP contribution >= 0.6 is 0 Å². The molecule has 0 aromatic heterocycles. The lowest BCUT2D eigenvalue weighted by atomic mass is 10.2. The molecule has 0 fully saturated rings. The Morgan fingerprint density at radius 1 is 1.05 bits per heavy atom. The molecule has 1 aliphatic rings. The number of ether oxygens (including phenoxy) is 4. The van der Waals surface area contributed by atoms with E-state index in [2.05, 4.69) is 0 Å². The van der Waals surface area contributed by atoms with E-state index < -0.39 is 0 Å². The Kier molecular flexibility index (Phi) is 3.73.